The molecule has 0 unspecified atom stereocenters. The van der Waals surface area contributed by atoms with E-state index in [1.165, 1.54) is 16.7 Å². The quantitative estimate of drug-likeness (QED) is 0.579. The molecule has 2 aromatic carbocycles. The Morgan fingerprint density at radius 2 is 1.52 bits per heavy atom. The Bertz CT molecular complexity index is 842. The van der Waals surface area contributed by atoms with Gasteiger partial charge in [-0.3, -0.25) is 0 Å². The molecule has 4 heteroatoms. The van der Waals surface area contributed by atoms with E-state index in [0.29, 0.717) is 11.0 Å². The van der Waals surface area contributed by atoms with Crippen LogP contribution in [-0.4, -0.2) is 50.1 Å². The van der Waals surface area contributed by atoms with Gasteiger partial charge in [-0.15, -0.1) is 0 Å². The minimum atomic E-state index is -0.552. The number of nitrogens with zero attached hydrogens (tertiary/aromatic N) is 1. The highest BCUT2D eigenvalue weighted by Crippen LogP contribution is 2.35. The summed E-state index contributed by atoms with van der Waals surface area (Å²) in [5.74, 6) is 1.72. The molecule has 0 aliphatic rings. The van der Waals surface area contributed by atoms with Gasteiger partial charge in [-0.05, 0) is 52.3 Å². The Kier molecular flexibility index (Phi) is 7.83. The van der Waals surface area contributed by atoms with Crippen molar-refractivity contribution in [3.8, 4) is 11.5 Å². The average molecular weight is 429 g/mol. The molecule has 172 valence electrons. The zero-order valence-electron chi connectivity index (χ0n) is 21.0. The van der Waals surface area contributed by atoms with Crippen molar-refractivity contribution in [2.24, 2.45) is 0 Å². The van der Waals surface area contributed by atoms with Gasteiger partial charge >= 0.3 is 0 Å². The SMILES string of the molecule is COc1ccc(C[N+](C)(C)C[C@@H](O)COc2ccc(C(C)(C)C)cc2C(C)(C)C)cc1. The number of rotatable bonds is 8. The van der Waals surface area contributed by atoms with Gasteiger partial charge in [0.15, 0.2) is 0 Å². The molecule has 1 atom stereocenters. The normalized spacial score (nSPS) is 13.7. The maximum absolute atomic E-state index is 10.7. The molecule has 0 aromatic heterocycles. The maximum atomic E-state index is 10.7. The number of quaternary nitrogens is 1. The Balaban J connectivity index is 2.04. The fourth-order valence-electron chi connectivity index (χ4n) is 3.81. The number of aliphatic hydroxyl groups is 1. The van der Waals surface area contributed by atoms with Gasteiger partial charge in [-0.1, -0.05) is 53.7 Å². The van der Waals surface area contributed by atoms with Crippen LogP contribution in [0.2, 0.25) is 0 Å². The van der Waals surface area contributed by atoms with Crippen molar-refractivity contribution in [1.82, 2.24) is 0 Å². The highest BCUT2D eigenvalue weighted by molar-refractivity contribution is 5.43. The molecule has 0 aliphatic heterocycles. The van der Waals surface area contributed by atoms with Gasteiger partial charge in [0.1, 0.15) is 37.3 Å². The predicted octanol–water partition coefficient (Wildman–Crippen LogP) is 5.31. The molecule has 0 radical (unpaired) electrons. The van der Waals surface area contributed by atoms with Crippen LogP contribution in [0.4, 0.5) is 0 Å². The van der Waals surface area contributed by atoms with Crippen LogP contribution in [0.1, 0.15) is 58.2 Å². The average Bonchev–Trinajstić information content (AvgIpc) is 2.64. The first-order chi connectivity index (χ1) is 14.2. The van der Waals surface area contributed by atoms with Gasteiger partial charge < -0.3 is 19.1 Å². The molecule has 0 saturated heterocycles. The molecule has 0 fully saturated rings. The lowest BCUT2D eigenvalue weighted by Crippen LogP contribution is -2.46. The molecule has 0 bridgehead atoms. The summed E-state index contributed by atoms with van der Waals surface area (Å²) in [6.07, 6.45) is -0.552. The summed E-state index contributed by atoms with van der Waals surface area (Å²) >= 11 is 0. The van der Waals surface area contributed by atoms with E-state index in [0.717, 1.165) is 18.0 Å². The molecule has 31 heavy (non-hydrogen) atoms. The minimum absolute atomic E-state index is 0.0365. The van der Waals surface area contributed by atoms with Crippen LogP contribution in [0.15, 0.2) is 42.5 Å². The third kappa shape index (κ3) is 7.55. The highest BCUT2D eigenvalue weighted by atomic mass is 16.5. The van der Waals surface area contributed by atoms with E-state index in [4.69, 9.17) is 9.47 Å². The molecular weight excluding hydrogens is 386 g/mol. The monoisotopic (exact) mass is 428 g/mol. The van der Waals surface area contributed by atoms with E-state index in [1.54, 1.807) is 7.11 Å². The van der Waals surface area contributed by atoms with Crippen LogP contribution >= 0.6 is 0 Å². The van der Waals surface area contributed by atoms with Gasteiger partial charge in [-0.2, -0.15) is 0 Å². The minimum Gasteiger partial charge on any atom is -0.497 e. The van der Waals surface area contributed by atoms with Crippen LogP contribution in [0.25, 0.3) is 0 Å². The second-order valence-electron chi connectivity index (χ2n) is 11.3. The van der Waals surface area contributed by atoms with Crippen LogP contribution < -0.4 is 9.47 Å². The predicted molar refractivity (Wildman–Crippen MR) is 129 cm³/mol. The zero-order valence-corrected chi connectivity index (χ0v) is 21.0. The number of benzene rings is 2. The Morgan fingerprint density at radius 3 is 2.03 bits per heavy atom. The van der Waals surface area contributed by atoms with Gasteiger partial charge in [0.25, 0.3) is 0 Å². The number of aliphatic hydroxyl groups excluding tert-OH is 1. The van der Waals surface area contributed by atoms with Crippen molar-refractivity contribution in [1.29, 1.82) is 0 Å². The van der Waals surface area contributed by atoms with Crippen molar-refractivity contribution in [2.75, 3.05) is 34.4 Å². The molecular formula is C27H42NO3+. The number of likely N-dealkylation sites (N-methyl/N-ethyl adjacent to an activating group) is 1. The number of hydrogen-bond donors (Lipinski definition) is 1. The van der Waals surface area contributed by atoms with E-state index in [1.807, 2.05) is 12.1 Å². The second kappa shape index (κ2) is 9.62. The molecule has 1 N–H and O–H groups in total. The maximum Gasteiger partial charge on any atom is 0.137 e. The summed E-state index contributed by atoms with van der Waals surface area (Å²) in [4.78, 5) is 0. The standard InChI is InChI=1S/C27H42NO3/c1-26(2,3)21-12-15-25(24(16-21)27(4,5)6)31-19-22(29)18-28(7,8)17-20-10-13-23(30-9)14-11-20/h10-16,22,29H,17-19H2,1-9H3/q+1/t22-/m1/s1. The van der Waals surface area contributed by atoms with Gasteiger partial charge in [0.2, 0.25) is 0 Å². The topological polar surface area (TPSA) is 38.7 Å². The largest absolute Gasteiger partial charge is 0.497 e. The molecule has 0 heterocycles. The summed E-state index contributed by atoms with van der Waals surface area (Å²) in [6, 6.07) is 14.6. The Hall–Kier alpha value is -2.04. The fourth-order valence-corrected chi connectivity index (χ4v) is 3.81. The van der Waals surface area contributed by atoms with Gasteiger partial charge in [0, 0.05) is 5.56 Å². The van der Waals surface area contributed by atoms with Gasteiger partial charge in [-0.25, -0.2) is 0 Å². The molecule has 2 aromatic rings. The third-order valence-electron chi connectivity index (χ3n) is 5.56. The number of ether oxygens (including phenoxy) is 2. The van der Waals surface area contributed by atoms with Crippen LogP contribution in [0, 0.1) is 0 Å². The second-order valence-corrected chi connectivity index (χ2v) is 11.3. The molecule has 2 rings (SSSR count). The fraction of sp³-hybridized carbons (Fsp3) is 0.556. The summed E-state index contributed by atoms with van der Waals surface area (Å²) in [7, 11) is 5.94. The number of hydrogen-bond acceptors (Lipinski definition) is 3. The lowest BCUT2D eigenvalue weighted by molar-refractivity contribution is -0.906. The molecule has 4 nitrogen and oxygen atoms in total. The first-order valence-electron chi connectivity index (χ1n) is 11.1. The first-order valence-corrected chi connectivity index (χ1v) is 11.1. The highest BCUT2D eigenvalue weighted by Gasteiger charge is 2.25. The summed E-state index contributed by atoms with van der Waals surface area (Å²) in [6.45, 7) is 15.0. The first kappa shape index (κ1) is 25.2. The van der Waals surface area contributed by atoms with Gasteiger partial charge in [0.05, 0.1) is 21.2 Å². The van der Waals surface area contributed by atoms with Crippen LogP contribution in [-0.2, 0) is 17.4 Å². The lowest BCUT2D eigenvalue weighted by atomic mass is 9.80. The van der Waals surface area contributed by atoms with Crippen molar-refractivity contribution >= 4 is 0 Å². The van der Waals surface area contributed by atoms with E-state index in [9.17, 15) is 5.11 Å². The summed E-state index contributed by atoms with van der Waals surface area (Å²) in [5, 5.41) is 10.7. The zero-order chi connectivity index (χ0) is 23.4. The molecule has 0 aliphatic carbocycles. The Morgan fingerprint density at radius 1 is 0.903 bits per heavy atom. The number of methoxy groups -OCH3 is 1. The van der Waals surface area contributed by atoms with Crippen molar-refractivity contribution in [3.63, 3.8) is 0 Å². The summed E-state index contributed by atoms with van der Waals surface area (Å²) in [5.41, 5.74) is 3.74. The Labute approximate surface area is 189 Å². The molecule has 0 spiro atoms. The van der Waals surface area contributed by atoms with Crippen LogP contribution in [0.3, 0.4) is 0 Å². The molecule has 0 saturated carbocycles. The van der Waals surface area contributed by atoms with E-state index in [2.05, 4.69) is 86.0 Å². The smallest absolute Gasteiger partial charge is 0.137 e. The van der Waals surface area contributed by atoms with Crippen molar-refractivity contribution in [2.45, 2.75) is 65.0 Å². The van der Waals surface area contributed by atoms with Crippen LogP contribution in [0.5, 0.6) is 11.5 Å². The van der Waals surface area contributed by atoms with Crippen molar-refractivity contribution in [3.05, 3.63) is 59.2 Å². The van der Waals surface area contributed by atoms with E-state index < -0.39 is 6.10 Å². The summed E-state index contributed by atoms with van der Waals surface area (Å²) < 4.78 is 12.1. The van der Waals surface area contributed by atoms with E-state index >= 15 is 0 Å². The third-order valence-corrected chi connectivity index (χ3v) is 5.56. The lowest BCUT2D eigenvalue weighted by Gasteiger charge is -2.32. The van der Waals surface area contributed by atoms with Crippen molar-refractivity contribution < 1.29 is 19.1 Å². The molecule has 0 amide bonds. The van der Waals surface area contributed by atoms with E-state index in [-0.39, 0.29) is 17.4 Å².